The molecule has 0 saturated carbocycles. The minimum absolute atomic E-state index is 0.146. The molecule has 7 heteroatoms. The molecule has 0 amide bonds. The maximum Gasteiger partial charge on any atom is 0.176 e. The van der Waals surface area contributed by atoms with Gasteiger partial charge < -0.3 is 10.1 Å². The maximum atomic E-state index is 5.19. The summed E-state index contributed by atoms with van der Waals surface area (Å²) < 4.78 is 7.19. The molecule has 17 heavy (non-hydrogen) atoms. The van der Waals surface area contributed by atoms with Crippen molar-refractivity contribution in [1.82, 2.24) is 15.0 Å². The molecule has 0 aliphatic heterocycles. The fourth-order valence-electron chi connectivity index (χ4n) is 1.27. The first-order valence-electron chi connectivity index (χ1n) is 5.16. The van der Waals surface area contributed by atoms with Crippen molar-refractivity contribution in [3.05, 3.63) is 6.33 Å². The van der Waals surface area contributed by atoms with Crippen LogP contribution < -0.4 is 5.32 Å². The van der Waals surface area contributed by atoms with E-state index in [0.717, 1.165) is 27.0 Å². The highest BCUT2D eigenvalue weighted by molar-refractivity contribution is 8.00. The van der Waals surface area contributed by atoms with Gasteiger partial charge in [-0.2, -0.15) is 0 Å². The van der Waals surface area contributed by atoms with E-state index in [1.54, 1.807) is 30.2 Å². The van der Waals surface area contributed by atoms with E-state index in [0.29, 0.717) is 0 Å². The number of anilines is 1. The zero-order chi connectivity index (χ0) is 12.3. The average molecular weight is 270 g/mol. The Morgan fingerprint density at radius 1 is 1.53 bits per heavy atom. The van der Waals surface area contributed by atoms with Crippen molar-refractivity contribution in [2.24, 2.45) is 0 Å². The van der Waals surface area contributed by atoms with Gasteiger partial charge in [0.1, 0.15) is 16.8 Å². The third-order valence-electron chi connectivity index (χ3n) is 2.31. The minimum Gasteiger partial charge on any atom is -0.380 e. The van der Waals surface area contributed by atoms with Crippen LogP contribution in [-0.4, -0.2) is 41.0 Å². The van der Waals surface area contributed by atoms with Gasteiger partial charge in [-0.05, 0) is 13.2 Å². The number of hydrogen-bond donors (Lipinski definition) is 1. The highest BCUT2D eigenvalue weighted by Crippen LogP contribution is 2.30. The molecule has 0 radical (unpaired) electrons. The Balaban J connectivity index is 2.24. The molecule has 2 aromatic rings. The number of fused-ring (bicyclic) bond motifs is 1. The van der Waals surface area contributed by atoms with Crippen LogP contribution >= 0.6 is 23.1 Å². The van der Waals surface area contributed by atoms with Crippen molar-refractivity contribution in [2.45, 2.75) is 17.4 Å². The van der Waals surface area contributed by atoms with Gasteiger partial charge in [-0.25, -0.2) is 15.0 Å². The van der Waals surface area contributed by atoms with E-state index in [2.05, 4.69) is 20.3 Å². The van der Waals surface area contributed by atoms with Gasteiger partial charge in [-0.3, -0.25) is 0 Å². The number of hydrogen-bond acceptors (Lipinski definition) is 7. The Bertz CT molecular complexity index is 502. The number of nitrogens with one attached hydrogen (secondary N) is 1. The van der Waals surface area contributed by atoms with Gasteiger partial charge in [-0.15, -0.1) is 11.3 Å². The van der Waals surface area contributed by atoms with Gasteiger partial charge in [-0.1, -0.05) is 11.8 Å². The van der Waals surface area contributed by atoms with Crippen LogP contribution in [-0.2, 0) is 4.74 Å². The van der Waals surface area contributed by atoms with Crippen LogP contribution in [0.2, 0.25) is 0 Å². The Morgan fingerprint density at radius 3 is 3.06 bits per heavy atom. The molecule has 92 valence electrons. The summed E-state index contributed by atoms with van der Waals surface area (Å²) in [6, 6.07) is 0. The molecule has 0 spiro atoms. The van der Waals surface area contributed by atoms with Crippen molar-refractivity contribution in [1.29, 1.82) is 0 Å². The highest BCUT2D eigenvalue weighted by atomic mass is 32.2. The summed E-state index contributed by atoms with van der Waals surface area (Å²) in [6.07, 6.45) is 3.69. The van der Waals surface area contributed by atoms with Crippen LogP contribution in [0.3, 0.4) is 0 Å². The van der Waals surface area contributed by atoms with Crippen LogP contribution in [0.25, 0.3) is 10.3 Å². The number of ether oxygens (including phenoxy) is 1. The normalized spacial score (nSPS) is 12.9. The zero-order valence-electron chi connectivity index (χ0n) is 9.93. The number of methoxy groups -OCH3 is 1. The third kappa shape index (κ3) is 2.85. The lowest BCUT2D eigenvalue weighted by atomic mass is 10.4. The van der Waals surface area contributed by atoms with Crippen molar-refractivity contribution >= 4 is 39.3 Å². The standard InChI is InChI=1S/C10H14N4OS2/c1-6(15-2)4-11-8-7-9(13-5-12-8)14-10(16-3)17-7/h5-6H,4H2,1-3H3,(H,11,12,13). The number of thiazole rings is 1. The quantitative estimate of drug-likeness (QED) is 0.841. The molecule has 0 bridgehead atoms. The molecule has 1 atom stereocenters. The third-order valence-corrected chi connectivity index (χ3v) is 4.34. The Kier molecular flexibility index (Phi) is 4.14. The fourth-order valence-corrected chi connectivity index (χ4v) is 2.75. The number of aromatic nitrogens is 3. The first-order valence-corrected chi connectivity index (χ1v) is 7.21. The molecule has 0 aliphatic rings. The second kappa shape index (κ2) is 5.61. The lowest BCUT2D eigenvalue weighted by Crippen LogP contribution is -2.18. The Hall–Kier alpha value is -0.920. The summed E-state index contributed by atoms with van der Waals surface area (Å²) in [6.45, 7) is 2.72. The molecule has 2 rings (SSSR count). The summed E-state index contributed by atoms with van der Waals surface area (Å²) in [5.74, 6) is 0.830. The summed E-state index contributed by atoms with van der Waals surface area (Å²) in [5.41, 5.74) is 0.752. The lowest BCUT2D eigenvalue weighted by molar-refractivity contribution is 0.128. The monoisotopic (exact) mass is 270 g/mol. The van der Waals surface area contributed by atoms with Gasteiger partial charge in [0.2, 0.25) is 0 Å². The van der Waals surface area contributed by atoms with Crippen molar-refractivity contribution < 1.29 is 4.74 Å². The molecule has 2 aromatic heterocycles. The second-order valence-electron chi connectivity index (χ2n) is 3.49. The van der Waals surface area contributed by atoms with Gasteiger partial charge >= 0.3 is 0 Å². The highest BCUT2D eigenvalue weighted by Gasteiger charge is 2.10. The smallest absolute Gasteiger partial charge is 0.176 e. The van der Waals surface area contributed by atoms with Gasteiger partial charge in [0, 0.05) is 13.7 Å². The predicted octanol–water partition coefficient (Wildman–Crippen LogP) is 2.25. The van der Waals surface area contributed by atoms with Crippen molar-refractivity contribution in [3.8, 4) is 0 Å². The van der Waals surface area contributed by atoms with Gasteiger partial charge in [0.25, 0.3) is 0 Å². The topological polar surface area (TPSA) is 59.9 Å². The van der Waals surface area contributed by atoms with E-state index >= 15 is 0 Å². The molecule has 1 unspecified atom stereocenters. The minimum atomic E-state index is 0.146. The van der Waals surface area contributed by atoms with Crippen LogP contribution in [0.5, 0.6) is 0 Å². The van der Waals surface area contributed by atoms with Gasteiger partial charge in [0.05, 0.1) is 6.10 Å². The Labute approximate surface area is 108 Å². The van der Waals surface area contributed by atoms with E-state index in [1.807, 2.05) is 13.2 Å². The summed E-state index contributed by atoms with van der Waals surface area (Å²) in [7, 11) is 1.69. The molecule has 5 nitrogen and oxygen atoms in total. The largest absolute Gasteiger partial charge is 0.380 e. The zero-order valence-corrected chi connectivity index (χ0v) is 11.6. The van der Waals surface area contributed by atoms with E-state index in [1.165, 1.54) is 6.33 Å². The average Bonchev–Trinajstić information content (AvgIpc) is 2.79. The van der Waals surface area contributed by atoms with Crippen molar-refractivity contribution in [3.63, 3.8) is 0 Å². The second-order valence-corrected chi connectivity index (χ2v) is 5.54. The van der Waals surface area contributed by atoms with Gasteiger partial charge in [0.15, 0.2) is 9.99 Å². The summed E-state index contributed by atoms with van der Waals surface area (Å²) in [4.78, 5) is 12.8. The maximum absolute atomic E-state index is 5.19. The number of nitrogens with zero attached hydrogens (tertiary/aromatic N) is 3. The number of rotatable bonds is 5. The van der Waals surface area contributed by atoms with Crippen LogP contribution in [0.15, 0.2) is 10.7 Å². The molecule has 0 aliphatic carbocycles. The van der Waals surface area contributed by atoms with Crippen LogP contribution in [0, 0.1) is 0 Å². The Morgan fingerprint density at radius 2 is 2.35 bits per heavy atom. The molecule has 1 N–H and O–H groups in total. The first-order chi connectivity index (χ1) is 8.24. The first kappa shape index (κ1) is 12.5. The van der Waals surface area contributed by atoms with Crippen molar-refractivity contribution in [2.75, 3.05) is 25.2 Å². The molecule has 2 heterocycles. The molecular formula is C10H14N4OS2. The molecule has 0 aromatic carbocycles. The summed E-state index contributed by atoms with van der Waals surface area (Å²) in [5, 5.41) is 3.26. The van der Waals surface area contributed by atoms with E-state index < -0.39 is 0 Å². The molecule has 0 saturated heterocycles. The summed E-state index contributed by atoms with van der Waals surface area (Å²) >= 11 is 3.23. The predicted molar refractivity (Wildman–Crippen MR) is 72.0 cm³/mol. The van der Waals surface area contributed by atoms with E-state index in [9.17, 15) is 0 Å². The number of thioether (sulfide) groups is 1. The molecular weight excluding hydrogens is 256 g/mol. The SMILES string of the molecule is COC(C)CNc1ncnc2nc(SC)sc12. The molecule has 0 fully saturated rings. The van der Waals surface area contributed by atoms with Crippen LogP contribution in [0.1, 0.15) is 6.92 Å². The van der Waals surface area contributed by atoms with Crippen LogP contribution in [0.4, 0.5) is 5.82 Å². The lowest BCUT2D eigenvalue weighted by Gasteiger charge is -2.10. The van der Waals surface area contributed by atoms with E-state index in [-0.39, 0.29) is 6.10 Å². The fraction of sp³-hybridized carbons (Fsp3) is 0.500. The van der Waals surface area contributed by atoms with E-state index in [4.69, 9.17) is 4.74 Å².